The summed E-state index contributed by atoms with van der Waals surface area (Å²) in [7, 11) is 0. The van der Waals surface area contributed by atoms with Crippen molar-refractivity contribution in [1.29, 1.82) is 0 Å². The van der Waals surface area contributed by atoms with Crippen molar-refractivity contribution in [2.75, 3.05) is 6.54 Å². The van der Waals surface area contributed by atoms with Crippen LogP contribution in [0.4, 0.5) is 0 Å². The van der Waals surface area contributed by atoms with Crippen LogP contribution in [0.3, 0.4) is 0 Å². The van der Waals surface area contributed by atoms with Gasteiger partial charge in [0.05, 0.1) is 6.04 Å². The summed E-state index contributed by atoms with van der Waals surface area (Å²) in [4.78, 5) is 0. The maximum atomic E-state index is 5.41. The Morgan fingerprint density at radius 2 is 1.60 bits per heavy atom. The standard InChI is InChI=1S/C4H15N5.Na.H/c5-2-1-3(6)4(7,8)9;;/h3H,1-2,5-9H2;;. The first kappa shape index (κ1) is 13.4. The van der Waals surface area contributed by atoms with Gasteiger partial charge in [-0.05, 0) is 13.0 Å². The second-order valence-electron chi connectivity index (χ2n) is 2.18. The van der Waals surface area contributed by atoms with Crippen molar-refractivity contribution in [2.45, 2.75) is 18.2 Å². The molecule has 0 saturated carbocycles. The summed E-state index contributed by atoms with van der Waals surface area (Å²) in [5.41, 5.74) is 26.3. The van der Waals surface area contributed by atoms with E-state index in [0.29, 0.717) is 13.0 Å². The van der Waals surface area contributed by atoms with Gasteiger partial charge in [-0.1, -0.05) is 0 Å². The van der Waals surface area contributed by atoms with Crippen LogP contribution in [0.5, 0.6) is 0 Å². The Labute approximate surface area is 82.9 Å². The molecule has 0 aromatic carbocycles. The molecule has 10 heavy (non-hydrogen) atoms. The van der Waals surface area contributed by atoms with E-state index in [9.17, 15) is 0 Å². The number of hydrogen-bond acceptors (Lipinski definition) is 5. The van der Waals surface area contributed by atoms with Crippen LogP contribution in [0.1, 0.15) is 6.42 Å². The van der Waals surface area contributed by atoms with Gasteiger partial charge < -0.3 is 11.5 Å². The van der Waals surface area contributed by atoms with Crippen LogP contribution >= 0.6 is 0 Å². The van der Waals surface area contributed by atoms with Crippen LogP contribution in [-0.4, -0.2) is 47.9 Å². The molecule has 0 rings (SSSR count). The number of hydrogen-bond donors (Lipinski definition) is 5. The molecule has 6 heteroatoms. The van der Waals surface area contributed by atoms with Crippen LogP contribution in [-0.2, 0) is 0 Å². The van der Waals surface area contributed by atoms with E-state index in [4.69, 9.17) is 28.7 Å². The van der Waals surface area contributed by atoms with Gasteiger partial charge in [-0.2, -0.15) is 0 Å². The van der Waals surface area contributed by atoms with Gasteiger partial charge in [0, 0.05) is 0 Å². The quantitative estimate of drug-likeness (QED) is 0.215. The van der Waals surface area contributed by atoms with Crippen LogP contribution in [0.2, 0.25) is 0 Å². The van der Waals surface area contributed by atoms with Crippen LogP contribution in [0.25, 0.3) is 0 Å². The van der Waals surface area contributed by atoms with Gasteiger partial charge in [0.15, 0.2) is 0 Å². The third-order valence-corrected chi connectivity index (χ3v) is 1.12. The summed E-state index contributed by atoms with van der Waals surface area (Å²) in [6, 6.07) is -0.428. The zero-order valence-corrected chi connectivity index (χ0v) is 5.38. The Morgan fingerprint density at radius 3 is 1.70 bits per heavy atom. The van der Waals surface area contributed by atoms with E-state index in [2.05, 4.69) is 0 Å². The molecule has 0 aromatic heterocycles. The normalized spacial score (nSPS) is 14.1. The zero-order chi connectivity index (χ0) is 7.49. The molecule has 0 bridgehead atoms. The van der Waals surface area contributed by atoms with E-state index in [1.165, 1.54) is 0 Å². The van der Waals surface area contributed by atoms with E-state index in [-0.39, 0.29) is 29.6 Å². The Bertz CT molecular complexity index is 80.2. The van der Waals surface area contributed by atoms with E-state index < -0.39 is 11.8 Å². The summed E-state index contributed by atoms with van der Waals surface area (Å²) in [6.45, 7) is 0.453. The predicted molar refractivity (Wildman–Crippen MR) is 44.1 cm³/mol. The maximum absolute atomic E-state index is 5.41. The molecule has 0 aliphatic carbocycles. The summed E-state index contributed by atoms with van der Waals surface area (Å²) >= 11 is 0. The zero-order valence-electron chi connectivity index (χ0n) is 5.38. The summed E-state index contributed by atoms with van der Waals surface area (Å²) in [6.07, 6.45) is 0.545. The molecule has 1 unspecified atom stereocenters. The average molecular weight is 157 g/mol. The molecular formula is C4H16N5Na. The third-order valence-electron chi connectivity index (χ3n) is 1.12. The van der Waals surface area contributed by atoms with Crippen LogP contribution in [0.15, 0.2) is 0 Å². The van der Waals surface area contributed by atoms with Crippen LogP contribution in [0, 0.1) is 0 Å². The topological polar surface area (TPSA) is 130 Å². The van der Waals surface area contributed by atoms with Gasteiger partial charge in [-0.3, -0.25) is 17.2 Å². The first-order valence-corrected chi connectivity index (χ1v) is 2.80. The Morgan fingerprint density at radius 1 is 1.20 bits per heavy atom. The molecule has 10 N–H and O–H groups in total. The van der Waals surface area contributed by atoms with Crippen molar-refractivity contribution in [3.63, 3.8) is 0 Å². The first-order chi connectivity index (χ1) is 3.98. The van der Waals surface area contributed by atoms with Gasteiger partial charge >= 0.3 is 29.6 Å². The van der Waals surface area contributed by atoms with Crippen molar-refractivity contribution in [1.82, 2.24) is 0 Å². The average Bonchev–Trinajstić information content (AvgIpc) is 1.64. The van der Waals surface area contributed by atoms with Crippen molar-refractivity contribution in [2.24, 2.45) is 28.7 Å². The van der Waals surface area contributed by atoms with Gasteiger partial charge in [-0.15, -0.1) is 0 Å². The van der Waals surface area contributed by atoms with Crippen LogP contribution < -0.4 is 28.7 Å². The summed E-state index contributed by atoms with van der Waals surface area (Å²) in [5, 5.41) is 0. The van der Waals surface area contributed by atoms with Gasteiger partial charge in [0.2, 0.25) is 0 Å². The fourth-order valence-corrected chi connectivity index (χ4v) is 0.430. The second kappa shape index (κ2) is 5.45. The molecule has 0 aromatic rings. The third kappa shape index (κ3) is 5.57. The van der Waals surface area contributed by atoms with Crippen molar-refractivity contribution >= 4 is 29.6 Å². The number of rotatable bonds is 3. The van der Waals surface area contributed by atoms with Crippen molar-refractivity contribution in [3.8, 4) is 0 Å². The predicted octanol–water partition coefficient (Wildman–Crippen LogP) is -3.46. The molecule has 0 radical (unpaired) electrons. The van der Waals surface area contributed by atoms with Gasteiger partial charge in [0.1, 0.15) is 5.79 Å². The fourth-order valence-electron chi connectivity index (χ4n) is 0.430. The Hall–Kier alpha value is 0.800. The fraction of sp³-hybridized carbons (Fsp3) is 1.00. The molecule has 0 spiro atoms. The first-order valence-electron chi connectivity index (χ1n) is 2.80. The van der Waals surface area contributed by atoms with Gasteiger partial charge in [-0.25, -0.2) is 0 Å². The SMILES string of the molecule is NCCC(N)C(N)(N)N.[NaH]. The molecule has 0 aliphatic heterocycles. The Balaban J connectivity index is 0. The van der Waals surface area contributed by atoms with E-state index in [1.54, 1.807) is 0 Å². The molecule has 0 fully saturated rings. The summed E-state index contributed by atoms with van der Waals surface area (Å²) in [5.74, 6) is -1.29. The van der Waals surface area contributed by atoms with E-state index in [1.807, 2.05) is 0 Å². The molecule has 0 saturated heterocycles. The minimum absolute atomic E-state index is 0. The van der Waals surface area contributed by atoms with E-state index in [0.717, 1.165) is 0 Å². The number of nitrogens with two attached hydrogens (primary N) is 5. The molecule has 0 aliphatic rings. The molecule has 0 heterocycles. The van der Waals surface area contributed by atoms with Crippen molar-refractivity contribution < 1.29 is 0 Å². The molecule has 5 nitrogen and oxygen atoms in total. The monoisotopic (exact) mass is 157 g/mol. The minimum atomic E-state index is -1.29. The molecule has 1 atom stereocenters. The van der Waals surface area contributed by atoms with E-state index >= 15 is 0 Å². The molecule has 58 valence electrons. The second-order valence-corrected chi connectivity index (χ2v) is 2.18. The Kier molecular flexibility index (Phi) is 7.30. The molecular weight excluding hydrogens is 141 g/mol. The van der Waals surface area contributed by atoms with Crippen molar-refractivity contribution in [3.05, 3.63) is 0 Å². The molecule has 0 amide bonds. The summed E-state index contributed by atoms with van der Waals surface area (Å²) < 4.78 is 0. The van der Waals surface area contributed by atoms with Gasteiger partial charge in [0.25, 0.3) is 0 Å².